The highest BCUT2D eigenvalue weighted by Gasteiger charge is 2.14. The van der Waals surface area contributed by atoms with Gasteiger partial charge in [-0.25, -0.2) is 0 Å². The van der Waals surface area contributed by atoms with Crippen LogP contribution in [0.1, 0.15) is 29.5 Å². The maximum Gasteiger partial charge on any atom is 0.308 e. The number of aliphatic carboxylic acids is 1. The largest absolute Gasteiger partial charge is 0.481 e. The summed E-state index contributed by atoms with van der Waals surface area (Å²) in [5.74, 6) is 0.128. The van der Waals surface area contributed by atoms with E-state index in [2.05, 4.69) is 17.1 Å². The van der Waals surface area contributed by atoms with E-state index in [-0.39, 0.29) is 6.42 Å². The molecule has 112 valence electrons. The van der Waals surface area contributed by atoms with Crippen molar-refractivity contribution in [1.82, 2.24) is 10.2 Å². The molecule has 0 aromatic carbocycles. The van der Waals surface area contributed by atoms with Crippen molar-refractivity contribution < 1.29 is 9.90 Å². The van der Waals surface area contributed by atoms with Gasteiger partial charge < -0.3 is 15.3 Å². The average Bonchev–Trinajstić information content (AvgIpc) is 2.83. The predicted molar refractivity (Wildman–Crippen MR) is 82.2 cm³/mol. The van der Waals surface area contributed by atoms with E-state index in [0.29, 0.717) is 0 Å². The highest BCUT2D eigenvalue weighted by molar-refractivity contribution is 7.12. The number of nitrogens with zero attached hydrogens (tertiary/aromatic N) is 1. The second-order valence-electron chi connectivity index (χ2n) is 5.64. The number of hydrogen-bond acceptors (Lipinski definition) is 4. The van der Waals surface area contributed by atoms with Crippen molar-refractivity contribution in [3.63, 3.8) is 0 Å². The molecule has 0 bridgehead atoms. The van der Waals surface area contributed by atoms with Crippen LogP contribution in [-0.2, 0) is 17.8 Å². The molecule has 0 aliphatic carbocycles. The van der Waals surface area contributed by atoms with E-state index < -0.39 is 5.97 Å². The maximum atomic E-state index is 10.6. The molecule has 1 aromatic heterocycles. The van der Waals surface area contributed by atoms with Gasteiger partial charge in [0, 0.05) is 29.4 Å². The lowest BCUT2D eigenvalue weighted by Crippen LogP contribution is -2.37. The maximum absolute atomic E-state index is 10.6. The Bertz CT molecular complexity index is 425. The van der Waals surface area contributed by atoms with Gasteiger partial charge in [0.05, 0.1) is 6.42 Å². The van der Waals surface area contributed by atoms with Crippen molar-refractivity contribution in [3.8, 4) is 0 Å². The van der Waals surface area contributed by atoms with Gasteiger partial charge in [0.25, 0.3) is 0 Å². The van der Waals surface area contributed by atoms with E-state index >= 15 is 0 Å². The molecule has 1 fully saturated rings. The highest BCUT2D eigenvalue weighted by atomic mass is 32.1. The molecule has 2 N–H and O–H groups in total. The first-order chi connectivity index (χ1) is 9.63. The number of carboxylic acids is 1. The molecule has 0 amide bonds. The molecule has 20 heavy (non-hydrogen) atoms. The van der Waals surface area contributed by atoms with E-state index in [1.165, 1.54) is 30.8 Å². The number of thiophene rings is 1. The van der Waals surface area contributed by atoms with Crippen LogP contribution in [0.5, 0.6) is 0 Å². The van der Waals surface area contributed by atoms with Crippen LogP contribution >= 0.6 is 11.3 Å². The van der Waals surface area contributed by atoms with Gasteiger partial charge in [0.15, 0.2) is 0 Å². The Morgan fingerprint density at radius 1 is 1.40 bits per heavy atom. The van der Waals surface area contributed by atoms with Gasteiger partial charge in [-0.3, -0.25) is 4.79 Å². The number of nitrogens with one attached hydrogen (secondary N) is 1. The summed E-state index contributed by atoms with van der Waals surface area (Å²) >= 11 is 1.59. The standard InChI is InChI=1S/C15H24N2O2S/c1-12-4-7-17(8-5-12)9-6-16-11-14-3-2-13(20-14)10-15(18)19/h2-3,12,16H,4-11H2,1H3,(H,18,19). The minimum absolute atomic E-state index is 0.136. The van der Waals surface area contributed by atoms with Crippen LogP contribution in [0, 0.1) is 5.92 Å². The Hall–Kier alpha value is -0.910. The number of likely N-dealkylation sites (tertiary alicyclic amines) is 1. The zero-order chi connectivity index (χ0) is 14.4. The van der Waals surface area contributed by atoms with Crippen molar-refractivity contribution in [2.24, 2.45) is 5.92 Å². The summed E-state index contributed by atoms with van der Waals surface area (Å²) in [6.45, 7) is 7.74. The monoisotopic (exact) mass is 296 g/mol. The Morgan fingerprint density at radius 2 is 2.10 bits per heavy atom. The van der Waals surface area contributed by atoms with Crippen LogP contribution in [0.4, 0.5) is 0 Å². The number of hydrogen-bond donors (Lipinski definition) is 2. The molecule has 1 saturated heterocycles. The zero-order valence-corrected chi connectivity index (χ0v) is 12.9. The van der Waals surface area contributed by atoms with Crippen molar-refractivity contribution in [1.29, 1.82) is 0 Å². The van der Waals surface area contributed by atoms with Gasteiger partial charge in [-0.15, -0.1) is 11.3 Å². The molecule has 1 aromatic rings. The molecule has 0 atom stereocenters. The average molecular weight is 296 g/mol. The van der Waals surface area contributed by atoms with Crippen LogP contribution in [0.2, 0.25) is 0 Å². The summed E-state index contributed by atoms with van der Waals surface area (Å²) in [4.78, 5) is 15.3. The Labute approximate surface area is 124 Å². The third-order valence-electron chi connectivity index (χ3n) is 3.82. The fourth-order valence-corrected chi connectivity index (χ4v) is 3.47. The Morgan fingerprint density at radius 3 is 2.80 bits per heavy atom. The second kappa shape index (κ2) is 7.76. The van der Waals surface area contributed by atoms with Gasteiger partial charge in [0.1, 0.15) is 0 Å². The molecule has 0 saturated carbocycles. The van der Waals surface area contributed by atoms with Crippen molar-refractivity contribution in [2.75, 3.05) is 26.2 Å². The summed E-state index contributed by atoms with van der Waals surface area (Å²) in [7, 11) is 0. The molecule has 1 aliphatic heterocycles. The van der Waals surface area contributed by atoms with Gasteiger partial charge in [-0.2, -0.15) is 0 Å². The molecule has 0 spiro atoms. The lowest BCUT2D eigenvalue weighted by Gasteiger charge is -2.30. The highest BCUT2D eigenvalue weighted by Crippen LogP contribution is 2.17. The van der Waals surface area contributed by atoms with Crippen LogP contribution in [0.25, 0.3) is 0 Å². The molecular weight excluding hydrogens is 272 g/mol. The van der Waals surface area contributed by atoms with Crippen molar-refractivity contribution in [3.05, 3.63) is 21.9 Å². The number of carboxylic acid groups (broad SMARTS) is 1. The SMILES string of the molecule is CC1CCN(CCNCc2ccc(CC(=O)O)s2)CC1. The fraction of sp³-hybridized carbons (Fsp3) is 0.667. The van der Waals surface area contributed by atoms with Crippen LogP contribution in [0.15, 0.2) is 12.1 Å². The number of piperidine rings is 1. The molecule has 0 radical (unpaired) electrons. The van der Waals surface area contributed by atoms with E-state index in [9.17, 15) is 4.79 Å². The summed E-state index contributed by atoms with van der Waals surface area (Å²) in [6.07, 6.45) is 2.78. The zero-order valence-electron chi connectivity index (χ0n) is 12.1. The Kier molecular flexibility index (Phi) is 6.01. The lowest BCUT2D eigenvalue weighted by molar-refractivity contribution is -0.136. The smallest absolute Gasteiger partial charge is 0.308 e. The van der Waals surface area contributed by atoms with Crippen LogP contribution < -0.4 is 5.32 Å². The van der Waals surface area contributed by atoms with E-state index in [1.807, 2.05) is 12.1 Å². The normalized spacial score (nSPS) is 17.4. The molecule has 4 nitrogen and oxygen atoms in total. The lowest BCUT2D eigenvalue weighted by atomic mass is 9.99. The fourth-order valence-electron chi connectivity index (χ4n) is 2.50. The van der Waals surface area contributed by atoms with E-state index in [4.69, 9.17) is 5.11 Å². The number of carbonyl (C=O) groups is 1. The third-order valence-corrected chi connectivity index (χ3v) is 4.91. The predicted octanol–water partition coefficient (Wildman–Crippen LogP) is 2.20. The molecule has 2 rings (SSSR count). The molecule has 5 heteroatoms. The number of rotatable bonds is 7. The van der Waals surface area contributed by atoms with E-state index in [0.717, 1.165) is 30.4 Å². The third kappa shape index (κ3) is 5.23. The molecule has 1 aliphatic rings. The summed E-state index contributed by atoms with van der Waals surface area (Å²) in [5, 5.41) is 12.2. The first-order valence-corrected chi connectivity index (χ1v) is 8.17. The van der Waals surface area contributed by atoms with Crippen LogP contribution in [0.3, 0.4) is 0 Å². The quantitative estimate of drug-likeness (QED) is 0.757. The molecular formula is C15H24N2O2S. The topological polar surface area (TPSA) is 52.6 Å². The first-order valence-electron chi connectivity index (χ1n) is 7.36. The minimum Gasteiger partial charge on any atom is -0.481 e. The summed E-state index contributed by atoms with van der Waals surface area (Å²) in [5.41, 5.74) is 0. The molecule has 2 heterocycles. The van der Waals surface area contributed by atoms with E-state index in [1.54, 1.807) is 11.3 Å². The van der Waals surface area contributed by atoms with Crippen molar-refractivity contribution >= 4 is 17.3 Å². The van der Waals surface area contributed by atoms with Crippen LogP contribution in [-0.4, -0.2) is 42.2 Å². The van der Waals surface area contributed by atoms with Gasteiger partial charge >= 0.3 is 5.97 Å². The van der Waals surface area contributed by atoms with Gasteiger partial charge in [-0.05, 0) is 44.0 Å². The molecule has 0 unspecified atom stereocenters. The summed E-state index contributed by atoms with van der Waals surface area (Å²) in [6, 6.07) is 3.94. The minimum atomic E-state index is -0.759. The summed E-state index contributed by atoms with van der Waals surface area (Å²) < 4.78 is 0. The van der Waals surface area contributed by atoms with Gasteiger partial charge in [-0.1, -0.05) is 6.92 Å². The second-order valence-corrected chi connectivity index (χ2v) is 6.89. The van der Waals surface area contributed by atoms with Crippen molar-refractivity contribution in [2.45, 2.75) is 32.7 Å². The van der Waals surface area contributed by atoms with Gasteiger partial charge in [0.2, 0.25) is 0 Å². The Balaban J connectivity index is 1.61. The first kappa shape index (κ1) is 15.5.